The zero-order valence-corrected chi connectivity index (χ0v) is 30.5. The minimum Gasteiger partial charge on any atom is -0.397 e. The SMILES string of the molecule is COC[C@@H]1CCCN1C[C@@H]1C[C@H](c2ccc(CO)cc2)O[C@H](c2ccc(-c3cccc(CNC(=O)CCCCC(=O)Nc4ccccc4N)c3)cc2)O1. The highest BCUT2D eigenvalue weighted by Crippen LogP contribution is 2.39. The Morgan fingerprint density at radius 3 is 2.38 bits per heavy atom. The van der Waals surface area contributed by atoms with Crippen LogP contribution in [0.15, 0.2) is 97.1 Å². The monoisotopic (exact) mass is 720 g/mol. The maximum Gasteiger partial charge on any atom is 0.224 e. The molecule has 53 heavy (non-hydrogen) atoms. The number of benzene rings is 4. The molecule has 4 aromatic carbocycles. The highest BCUT2D eigenvalue weighted by atomic mass is 16.7. The van der Waals surface area contributed by atoms with E-state index >= 15 is 0 Å². The minimum atomic E-state index is -0.521. The number of unbranched alkanes of at least 4 members (excludes halogenated alkanes) is 1. The van der Waals surface area contributed by atoms with Gasteiger partial charge in [0.1, 0.15) is 0 Å². The van der Waals surface area contributed by atoms with Gasteiger partial charge in [-0.3, -0.25) is 14.5 Å². The van der Waals surface area contributed by atoms with E-state index in [9.17, 15) is 14.7 Å². The van der Waals surface area contributed by atoms with Gasteiger partial charge in [-0.1, -0.05) is 78.9 Å². The Hall–Kier alpha value is -4.58. The topological polar surface area (TPSA) is 135 Å². The maximum absolute atomic E-state index is 12.6. The number of hydrogen-bond acceptors (Lipinski definition) is 8. The zero-order chi connectivity index (χ0) is 37.0. The average molecular weight is 721 g/mol. The van der Waals surface area contributed by atoms with Crippen LogP contribution < -0.4 is 16.4 Å². The van der Waals surface area contributed by atoms with Crippen molar-refractivity contribution >= 4 is 23.2 Å². The number of carbonyl (C=O) groups excluding carboxylic acids is 2. The molecule has 4 atom stereocenters. The predicted molar refractivity (Wildman–Crippen MR) is 207 cm³/mol. The number of nitrogens with one attached hydrogen (secondary N) is 2. The first-order valence-electron chi connectivity index (χ1n) is 18.7. The third kappa shape index (κ3) is 10.7. The number of methoxy groups -OCH3 is 1. The summed E-state index contributed by atoms with van der Waals surface area (Å²) in [7, 11) is 1.76. The molecule has 2 amide bonds. The van der Waals surface area contributed by atoms with E-state index in [1.54, 1.807) is 19.2 Å². The Morgan fingerprint density at radius 1 is 0.868 bits per heavy atom. The number of para-hydroxylation sites is 2. The molecule has 2 aliphatic rings. The van der Waals surface area contributed by atoms with Crippen molar-refractivity contribution in [3.63, 3.8) is 0 Å². The molecule has 0 aliphatic carbocycles. The van der Waals surface area contributed by atoms with Gasteiger partial charge in [0.05, 0.1) is 36.8 Å². The van der Waals surface area contributed by atoms with E-state index in [0.29, 0.717) is 49.6 Å². The Balaban J connectivity index is 1.03. The van der Waals surface area contributed by atoms with Crippen LogP contribution in [0.3, 0.4) is 0 Å². The summed E-state index contributed by atoms with van der Waals surface area (Å²) in [6.45, 7) is 3.02. The van der Waals surface area contributed by atoms with Crippen LogP contribution in [0.25, 0.3) is 11.1 Å². The summed E-state index contributed by atoms with van der Waals surface area (Å²) in [5.41, 5.74) is 13.1. The molecule has 280 valence electrons. The summed E-state index contributed by atoms with van der Waals surface area (Å²) in [6, 6.07) is 32.1. The molecule has 0 unspecified atom stereocenters. The number of hydrogen-bond donors (Lipinski definition) is 4. The van der Waals surface area contributed by atoms with Crippen molar-refractivity contribution in [3.05, 3.63) is 119 Å². The molecule has 5 N–H and O–H groups in total. The lowest BCUT2D eigenvalue weighted by molar-refractivity contribution is -0.253. The van der Waals surface area contributed by atoms with E-state index in [1.165, 1.54) is 0 Å². The third-order valence-corrected chi connectivity index (χ3v) is 10.1. The van der Waals surface area contributed by atoms with Gasteiger partial charge in [-0.2, -0.15) is 0 Å². The summed E-state index contributed by atoms with van der Waals surface area (Å²) in [5.74, 6) is -0.153. The number of nitrogens with two attached hydrogens (primary N) is 1. The number of amides is 2. The number of nitrogen functional groups attached to an aromatic ring is 1. The second kappa shape index (κ2) is 19.0. The van der Waals surface area contributed by atoms with Crippen molar-refractivity contribution in [3.8, 4) is 11.1 Å². The third-order valence-electron chi connectivity index (χ3n) is 10.1. The highest BCUT2D eigenvalue weighted by molar-refractivity contribution is 5.93. The van der Waals surface area contributed by atoms with Crippen LogP contribution in [-0.4, -0.2) is 60.8 Å². The van der Waals surface area contributed by atoms with E-state index < -0.39 is 6.29 Å². The smallest absolute Gasteiger partial charge is 0.224 e. The average Bonchev–Trinajstić information content (AvgIpc) is 3.62. The fourth-order valence-electron chi connectivity index (χ4n) is 7.19. The van der Waals surface area contributed by atoms with Gasteiger partial charge in [0, 0.05) is 51.1 Å². The number of rotatable bonds is 16. The van der Waals surface area contributed by atoms with E-state index in [4.69, 9.17) is 19.9 Å². The molecule has 0 saturated carbocycles. The van der Waals surface area contributed by atoms with Crippen LogP contribution in [0, 0.1) is 0 Å². The molecule has 10 nitrogen and oxygen atoms in total. The molecule has 2 fully saturated rings. The van der Waals surface area contributed by atoms with E-state index in [0.717, 1.165) is 72.3 Å². The first-order chi connectivity index (χ1) is 25.9. The molecule has 10 heteroatoms. The van der Waals surface area contributed by atoms with Crippen LogP contribution in [0.4, 0.5) is 11.4 Å². The van der Waals surface area contributed by atoms with Gasteiger partial charge >= 0.3 is 0 Å². The van der Waals surface area contributed by atoms with Crippen LogP contribution in [-0.2, 0) is 37.0 Å². The van der Waals surface area contributed by atoms with Gasteiger partial charge in [-0.25, -0.2) is 0 Å². The lowest BCUT2D eigenvalue weighted by Gasteiger charge is -2.38. The van der Waals surface area contributed by atoms with Crippen LogP contribution in [0.5, 0.6) is 0 Å². The van der Waals surface area contributed by atoms with Gasteiger partial charge < -0.3 is 35.7 Å². The standard InChI is InChI=1S/C43H52N4O6/c1-51-29-36-10-7-23-47(36)27-37-25-40(33-17-15-30(28-48)16-18-33)53-43(52-37)34-21-19-32(20-22-34)35-9-6-8-31(24-35)26-45-41(49)13-4-5-14-42(50)46-39-12-3-2-11-38(39)44/h2-3,6,8-9,11-12,15-22,24,36-37,40,43,48H,4-5,7,10,13-14,23,25-29,44H2,1H3,(H,45,49)(H,46,50)/t36-,37-,40+,43+/m0/s1. The van der Waals surface area contributed by atoms with Gasteiger partial charge in [0.15, 0.2) is 6.29 Å². The van der Waals surface area contributed by atoms with Crippen molar-refractivity contribution in [1.82, 2.24) is 10.2 Å². The summed E-state index contributed by atoms with van der Waals surface area (Å²) in [5, 5.41) is 15.4. The Morgan fingerprint density at radius 2 is 1.62 bits per heavy atom. The highest BCUT2D eigenvalue weighted by Gasteiger charge is 2.35. The number of nitrogens with zero attached hydrogens (tertiary/aromatic N) is 1. The summed E-state index contributed by atoms with van der Waals surface area (Å²) in [4.78, 5) is 27.3. The molecule has 2 saturated heterocycles. The van der Waals surface area contributed by atoms with Crippen molar-refractivity contribution in [2.24, 2.45) is 0 Å². The molecular weight excluding hydrogens is 668 g/mol. The quantitative estimate of drug-likeness (QED) is 0.0726. The van der Waals surface area contributed by atoms with Crippen LogP contribution in [0.2, 0.25) is 0 Å². The molecule has 0 radical (unpaired) electrons. The van der Waals surface area contributed by atoms with Crippen LogP contribution in [0.1, 0.15) is 79.6 Å². The number of aliphatic hydroxyl groups excluding tert-OH is 1. The summed E-state index contributed by atoms with van der Waals surface area (Å²) in [6.07, 6.45) is 4.28. The van der Waals surface area contributed by atoms with Gasteiger partial charge in [0.25, 0.3) is 0 Å². The zero-order valence-electron chi connectivity index (χ0n) is 30.5. The number of ether oxygens (including phenoxy) is 3. The predicted octanol–water partition coefficient (Wildman–Crippen LogP) is 6.90. The fraction of sp³-hybridized carbons (Fsp3) is 0.395. The second-order valence-corrected chi connectivity index (χ2v) is 14.0. The van der Waals surface area contributed by atoms with Crippen molar-refractivity contribution in [2.75, 3.05) is 37.9 Å². The van der Waals surface area contributed by atoms with E-state index in [1.807, 2.05) is 48.5 Å². The Bertz CT molecular complexity index is 1780. The van der Waals surface area contributed by atoms with Crippen molar-refractivity contribution in [2.45, 2.75) is 82.6 Å². The van der Waals surface area contributed by atoms with Gasteiger partial charge in [0.2, 0.25) is 11.8 Å². The van der Waals surface area contributed by atoms with Gasteiger partial charge in [-0.05, 0) is 78.2 Å². The number of aliphatic hydroxyl groups is 1. The molecule has 4 aromatic rings. The molecule has 6 rings (SSSR count). The number of carbonyl (C=O) groups is 2. The first kappa shape index (κ1) is 38.2. The summed E-state index contributed by atoms with van der Waals surface area (Å²) < 4.78 is 18.8. The fourth-order valence-corrected chi connectivity index (χ4v) is 7.19. The molecule has 0 spiro atoms. The van der Waals surface area contributed by atoms with E-state index in [-0.39, 0.29) is 30.6 Å². The molecule has 0 bridgehead atoms. The largest absolute Gasteiger partial charge is 0.397 e. The minimum absolute atomic E-state index is 0.00939. The Kier molecular flexibility index (Phi) is 13.6. The van der Waals surface area contributed by atoms with Crippen molar-refractivity contribution < 1.29 is 28.9 Å². The lowest BCUT2D eigenvalue weighted by Crippen LogP contribution is -2.42. The second-order valence-electron chi connectivity index (χ2n) is 14.0. The molecule has 2 aliphatic heterocycles. The van der Waals surface area contributed by atoms with Crippen LogP contribution >= 0.6 is 0 Å². The normalized spacial score (nSPS) is 20.3. The molecule has 0 aromatic heterocycles. The number of likely N-dealkylation sites (tertiary alicyclic amines) is 1. The maximum atomic E-state index is 12.6. The van der Waals surface area contributed by atoms with Crippen molar-refractivity contribution in [1.29, 1.82) is 0 Å². The first-order valence-corrected chi connectivity index (χ1v) is 18.7. The lowest BCUT2D eigenvalue weighted by atomic mass is 9.98. The Labute approximate surface area is 312 Å². The number of anilines is 2. The molecule has 2 heterocycles. The van der Waals surface area contributed by atoms with Gasteiger partial charge in [-0.15, -0.1) is 0 Å². The van der Waals surface area contributed by atoms with E-state index in [2.05, 4.69) is 51.9 Å². The molecular formula is C43H52N4O6. The summed E-state index contributed by atoms with van der Waals surface area (Å²) >= 11 is 0.